The average molecular weight is 330 g/mol. The Kier molecular flexibility index (Phi) is 4.77. The van der Waals surface area contributed by atoms with Crippen LogP contribution in [0.3, 0.4) is 0 Å². The number of amides is 1. The van der Waals surface area contributed by atoms with E-state index < -0.39 is 40.8 Å². The predicted octanol–water partition coefficient (Wildman–Crippen LogP) is 3.80. The fourth-order valence-electron chi connectivity index (χ4n) is 2.67. The molecule has 1 aliphatic rings. The molecule has 0 saturated carbocycles. The van der Waals surface area contributed by atoms with Crippen LogP contribution in [0.5, 0.6) is 0 Å². The van der Waals surface area contributed by atoms with Gasteiger partial charge in [-0.25, -0.2) is 18.0 Å². The second-order valence-corrected chi connectivity index (χ2v) is 6.72. The first-order chi connectivity index (χ1) is 10.6. The number of rotatable bonds is 1. The Balaban J connectivity index is 2.08. The van der Waals surface area contributed by atoms with E-state index in [0.717, 1.165) is 0 Å². The lowest BCUT2D eigenvalue weighted by molar-refractivity contribution is 0.0204. The monoisotopic (exact) mass is 330 g/mol. The van der Waals surface area contributed by atoms with Gasteiger partial charge in [0.15, 0.2) is 11.6 Å². The van der Waals surface area contributed by atoms with E-state index in [1.54, 1.807) is 20.8 Å². The summed E-state index contributed by atoms with van der Waals surface area (Å²) >= 11 is 0. The number of nitrogens with two attached hydrogens (primary N) is 1. The molecule has 2 N–H and O–H groups in total. The first-order valence-electron chi connectivity index (χ1n) is 7.51. The SMILES string of the molecule is CC(C)(C)OC(=O)N1CCC(c2c(F)cc(F)c(N)c2F)CC1. The summed E-state index contributed by atoms with van der Waals surface area (Å²) in [5, 5.41) is 0. The van der Waals surface area contributed by atoms with Crippen LogP contribution in [-0.2, 0) is 4.74 Å². The summed E-state index contributed by atoms with van der Waals surface area (Å²) in [6.45, 7) is 5.93. The number of carbonyl (C=O) groups excluding carboxylic acids is 1. The van der Waals surface area contributed by atoms with E-state index in [4.69, 9.17) is 10.5 Å². The lowest BCUT2D eigenvalue weighted by Gasteiger charge is -2.33. The molecule has 23 heavy (non-hydrogen) atoms. The molecule has 0 unspecified atom stereocenters. The number of anilines is 1. The highest BCUT2D eigenvalue weighted by Crippen LogP contribution is 2.35. The number of ether oxygens (including phenoxy) is 1. The van der Waals surface area contributed by atoms with Crippen LogP contribution in [-0.4, -0.2) is 29.7 Å². The van der Waals surface area contributed by atoms with Crippen LogP contribution in [0.25, 0.3) is 0 Å². The van der Waals surface area contributed by atoms with Gasteiger partial charge in [0.25, 0.3) is 0 Å². The minimum atomic E-state index is -1.10. The van der Waals surface area contributed by atoms with Gasteiger partial charge in [0.1, 0.15) is 17.1 Å². The maximum Gasteiger partial charge on any atom is 0.410 e. The van der Waals surface area contributed by atoms with E-state index >= 15 is 0 Å². The van der Waals surface area contributed by atoms with Crippen LogP contribution in [0, 0.1) is 17.5 Å². The summed E-state index contributed by atoms with van der Waals surface area (Å²) in [6.07, 6.45) is 0.270. The van der Waals surface area contributed by atoms with Crippen molar-refractivity contribution in [3.8, 4) is 0 Å². The zero-order valence-corrected chi connectivity index (χ0v) is 13.5. The standard InChI is InChI=1S/C16H21F3N2O2/c1-16(2,3)23-15(22)21-6-4-9(5-7-21)12-10(17)8-11(18)14(20)13(12)19/h8-9H,4-7,20H2,1-3H3. The summed E-state index contributed by atoms with van der Waals surface area (Å²) in [4.78, 5) is 13.5. The molecular weight excluding hydrogens is 309 g/mol. The lowest BCUT2D eigenvalue weighted by Crippen LogP contribution is -2.41. The zero-order valence-electron chi connectivity index (χ0n) is 13.5. The van der Waals surface area contributed by atoms with Crippen molar-refractivity contribution in [3.05, 3.63) is 29.1 Å². The topological polar surface area (TPSA) is 55.6 Å². The number of nitrogens with zero attached hydrogens (tertiary/aromatic N) is 1. The fourth-order valence-corrected chi connectivity index (χ4v) is 2.67. The molecule has 4 nitrogen and oxygen atoms in total. The minimum absolute atomic E-state index is 0.201. The predicted molar refractivity (Wildman–Crippen MR) is 80.5 cm³/mol. The van der Waals surface area contributed by atoms with E-state index in [9.17, 15) is 18.0 Å². The number of piperidine rings is 1. The van der Waals surface area contributed by atoms with Crippen LogP contribution in [0.15, 0.2) is 6.07 Å². The molecule has 2 rings (SSSR count). The molecule has 1 saturated heterocycles. The summed E-state index contributed by atoms with van der Waals surface area (Å²) in [7, 11) is 0. The minimum Gasteiger partial charge on any atom is -0.444 e. The van der Waals surface area contributed by atoms with Gasteiger partial charge in [-0.3, -0.25) is 0 Å². The number of benzene rings is 1. The second kappa shape index (κ2) is 6.29. The van der Waals surface area contributed by atoms with Gasteiger partial charge in [0.05, 0.1) is 0 Å². The Labute approximate surface area is 133 Å². The summed E-state index contributed by atoms with van der Waals surface area (Å²) in [5.74, 6) is -3.53. The van der Waals surface area contributed by atoms with E-state index in [-0.39, 0.29) is 5.56 Å². The molecular formula is C16H21F3N2O2. The molecule has 1 aliphatic heterocycles. The molecule has 1 aromatic rings. The number of carbonyl (C=O) groups is 1. The molecule has 128 valence electrons. The molecule has 0 atom stereocenters. The Morgan fingerprint density at radius 2 is 1.78 bits per heavy atom. The fraction of sp³-hybridized carbons (Fsp3) is 0.562. The molecule has 1 fully saturated rings. The van der Waals surface area contributed by atoms with Crippen LogP contribution in [0.2, 0.25) is 0 Å². The highest BCUT2D eigenvalue weighted by molar-refractivity contribution is 5.68. The first-order valence-corrected chi connectivity index (χ1v) is 7.51. The number of hydrogen-bond acceptors (Lipinski definition) is 3. The van der Waals surface area contributed by atoms with E-state index in [2.05, 4.69) is 0 Å². The smallest absolute Gasteiger partial charge is 0.410 e. The Hall–Kier alpha value is -1.92. The van der Waals surface area contributed by atoms with E-state index in [1.165, 1.54) is 4.90 Å². The molecule has 0 bridgehead atoms. The Morgan fingerprint density at radius 1 is 1.22 bits per heavy atom. The largest absolute Gasteiger partial charge is 0.444 e. The Bertz CT molecular complexity index is 606. The molecule has 0 spiro atoms. The van der Waals surface area contributed by atoms with Crippen LogP contribution < -0.4 is 5.73 Å². The Morgan fingerprint density at radius 3 is 2.30 bits per heavy atom. The quantitative estimate of drug-likeness (QED) is 0.797. The van der Waals surface area contributed by atoms with Gasteiger partial charge >= 0.3 is 6.09 Å². The summed E-state index contributed by atoms with van der Waals surface area (Å²) < 4.78 is 46.5. The van der Waals surface area contributed by atoms with Crippen molar-refractivity contribution >= 4 is 11.8 Å². The highest BCUT2D eigenvalue weighted by atomic mass is 19.1. The third-order valence-corrected chi connectivity index (χ3v) is 3.80. The van der Waals surface area contributed by atoms with Gasteiger partial charge in [-0.05, 0) is 39.5 Å². The van der Waals surface area contributed by atoms with Gasteiger partial charge < -0.3 is 15.4 Å². The van der Waals surface area contributed by atoms with Gasteiger partial charge in [0.2, 0.25) is 0 Å². The molecule has 0 aromatic heterocycles. The summed E-state index contributed by atoms with van der Waals surface area (Å²) in [6, 6.07) is 0.605. The third-order valence-electron chi connectivity index (χ3n) is 3.80. The van der Waals surface area contributed by atoms with Gasteiger partial charge in [-0.15, -0.1) is 0 Å². The number of hydrogen-bond donors (Lipinski definition) is 1. The molecule has 0 radical (unpaired) electrons. The third kappa shape index (κ3) is 3.89. The van der Waals surface area contributed by atoms with Crippen molar-refractivity contribution in [3.63, 3.8) is 0 Å². The normalized spacial score (nSPS) is 16.5. The molecule has 7 heteroatoms. The molecule has 1 amide bonds. The van der Waals surface area contributed by atoms with Crippen LogP contribution in [0.4, 0.5) is 23.7 Å². The molecule has 1 aromatic carbocycles. The molecule has 0 aliphatic carbocycles. The van der Waals surface area contributed by atoms with Crippen molar-refractivity contribution in [2.75, 3.05) is 18.8 Å². The van der Waals surface area contributed by atoms with Gasteiger partial charge in [-0.2, -0.15) is 0 Å². The zero-order chi connectivity index (χ0) is 17.4. The summed E-state index contributed by atoms with van der Waals surface area (Å²) in [5.41, 5.74) is 3.83. The first kappa shape index (κ1) is 17.4. The van der Waals surface area contributed by atoms with E-state index in [1.807, 2.05) is 0 Å². The number of likely N-dealkylation sites (tertiary alicyclic amines) is 1. The van der Waals surface area contributed by atoms with Crippen molar-refractivity contribution in [2.24, 2.45) is 0 Å². The van der Waals surface area contributed by atoms with Crippen LogP contribution in [0.1, 0.15) is 45.1 Å². The van der Waals surface area contributed by atoms with Gasteiger partial charge in [0, 0.05) is 24.7 Å². The number of nitrogen functional groups attached to an aromatic ring is 1. The lowest BCUT2D eigenvalue weighted by atomic mass is 9.88. The van der Waals surface area contributed by atoms with Crippen molar-refractivity contribution in [1.29, 1.82) is 0 Å². The number of halogens is 3. The molecule has 1 heterocycles. The maximum absolute atomic E-state index is 14.1. The van der Waals surface area contributed by atoms with Crippen molar-refractivity contribution in [1.82, 2.24) is 4.90 Å². The van der Waals surface area contributed by atoms with Crippen LogP contribution >= 0.6 is 0 Å². The maximum atomic E-state index is 14.1. The second-order valence-electron chi connectivity index (χ2n) is 6.72. The van der Waals surface area contributed by atoms with Crippen molar-refractivity contribution in [2.45, 2.75) is 45.1 Å². The van der Waals surface area contributed by atoms with E-state index in [0.29, 0.717) is 32.0 Å². The van der Waals surface area contributed by atoms with Gasteiger partial charge in [-0.1, -0.05) is 0 Å². The highest BCUT2D eigenvalue weighted by Gasteiger charge is 2.31. The average Bonchev–Trinajstić information content (AvgIpc) is 2.44. The van der Waals surface area contributed by atoms with Crippen molar-refractivity contribution < 1.29 is 22.7 Å².